The van der Waals surface area contributed by atoms with Gasteiger partial charge in [0.25, 0.3) is 0 Å². The Morgan fingerprint density at radius 2 is 1.38 bits per heavy atom. The lowest BCUT2D eigenvalue weighted by Gasteiger charge is -2.30. The Balaban J connectivity index is 1.94. The normalized spacial score (nSPS) is 18.3. The maximum atomic E-state index is 10.7. The van der Waals surface area contributed by atoms with E-state index in [0.717, 1.165) is 16.9 Å². The summed E-state index contributed by atoms with van der Waals surface area (Å²) in [5.41, 5.74) is 2.45. The zero-order valence-electron chi connectivity index (χ0n) is 25.0. The molecule has 1 aliphatic heterocycles. The summed E-state index contributed by atoms with van der Waals surface area (Å²) in [6.45, 7) is 7.10. The van der Waals surface area contributed by atoms with Crippen molar-refractivity contribution in [2.24, 2.45) is 10.2 Å². The number of aliphatic hydroxyl groups excluding tert-OH is 4. The summed E-state index contributed by atoms with van der Waals surface area (Å²) in [4.78, 5) is 3.39. The van der Waals surface area contributed by atoms with Gasteiger partial charge in [-0.25, -0.2) is 0 Å². The van der Waals surface area contributed by atoms with E-state index in [-0.39, 0.29) is 52.7 Å². The van der Waals surface area contributed by atoms with Crippen molar-refractivity contribution in [2.75, 3.05) is 104 Å². The molecule has 13 nitrogen and oxygen atoms in total. The fourth-order valence-corrected chi connectivity index (χ4v) is 4.60. The van der Waals surface area contributed by atoms with Crippen LogP contribution in [0.4, 0.5) is 11.4 Å². The lowest BCUT2D eigenvalue weighted by molar-refractivity contribution is -0.0127. The van der Waals surface area contributed by atoms with Gasteiger partial charge in [-0.05, 0) is 43.0 Å². The predicted octanol–water partition coefficient (Wildman–Crippen LogP) is 1.50. The van der Waals surface area contributed by atoms with Gasteiger partial charge in [-0.1, -0.05) is 11.8 Å². The Bertz CT molecular complexity index is 929. The summed E-state index contributed by atoms with van der Waals surface area (Å²) < 4.78 is 26.8. The number of hydrogen-bond donors (Lipinski definition) is 4. The van der Waals surface area contributed by atoms with E-state index in [1.54, 1.807) is 11.8 Å². The molecule has 3 unspecified atom stereocenters. The van der Waals surface area contributed by atoms with E-state index in [1.807, 2.05) is 60.5 Å². The minimum absolute atomic E-state index is 0.0221. The molecule has 0 spiro atoms. The fraction of sp³-hybridized carbons (Fsp3) is 0.714. The van der Waals surface area contributed by atoms with Crippen LogP contribution in [-0.2, 0) is 23.7 Å². The molecule has 4 N–H and O–H groups in total. The highest BCUT2D eigenvalue weighted by atomic mass is 32.2. The maximum Gasteiger partial charge on any atom is 0.200 e. The molecule has 0 amide bonds. The first kappa shape index (κ1) is 36.3. The van der Waals surface area contributed by atoms with Crippen LogP contribution in [0.3, 0.4) is 0 Å². The number of hydrogen-bond acceptors (Lipinski definition) is 14. The van der Waals surface area contributed by atoms with Crippen LogP contribution < -0.4 is 4.90 Å². The van der Waals surface area contributed by atoms with Crippen LogP contribution >= 0.6 is 11.8 Å². The Morgan fingerprint density at radius 3 is 1.86 bits per heavy atom. The van der Waals surface area contributed by atoms with Crippen molar-refractivity contribution >= 4 is 23.1 Å². The molecule has 14 heteroatoms. The number of ether oxygens (including phenoxy) is 5. The molecule has 2 rings (SSSR count). The van der Waals surface area contributed by atoms with E-state index in [4.69, 9.17) is 33.9 Å². The first-order valence-electron chi connectivity index (χ1n) is 14.1. The van der Waals surface area contributed by atoms with E-state index in [1.165, 1.54) is 0 Å². The number of nitrogens with zero attached hydrogens (tertiary/aromatic N) is 4. The fourth-order valence-electron chi connectivity index (χ4n) is 3.79. The zero-order chi connectivity index (χ0) is 30.6. The molecular formula is C28H48N4O9S. The Labute approximate surface area is 253 Å². The molecule has 0 saturated carbocycles. The molecule has 1 aliphatic rings. The van der Waals surface area contributed by atoms with Gasteiger partial charge in [0.05, 0.1) is 97.2 Å². The second kappa shape index (κ2) is 21.0. The summed E-state index contributed by atoms with van der Waals surface area (Å²) in [6, 6.07) is 5.73. The molecule has 3 atom stereocenters. The largest absolute Gasteiger partial charge is 0.394 e. The standard InChI is InChI=1S/C28H48N4O9S/c1-23-18-24(4-5-27(23)29-30-28(2)31(3)6-17-42-28)32(19-25(35)21-40-15-13-38-10-8-34)20-26(36)22-41-16-14-39-12-11-37-9-7-33/h4-6,17-18,25-26,33-36H,7-16,19-22H2,1-3H3/b30-29+. The molecular weight excluding hydrogens is 568 g/mol. The number of benzene rings is 1. The van der Waals surface area contributed by atoms with Gasteiger partial charge in [-0.3, -0.25) is 0 Å². The zero-order valence-corrected chi connectivity index (χ0v) is 25.8. The monoisotopic (exact) mass is 616 g/mol. The number of aryl methyl sites for hydroxylation is 1. The van der Waals surface area contributed by atoms with Gasteiger partial charge in [0.1, 0.15) is 0 Å². The highest BCUT2D eigenvalue weighted by Crippen LogP contribution is 2.38. The number of aliphatic hydroxyl groups is 4. The van der Waals surface area contributed by atoms with Crippen molar-refractivity contribution in [3.63, 3.8) is 0 Å². The number of anilines is 1. The van der Waals surface area contributed by atoms with Crippen LogP contribution in [0.1, 0.15) is 12.5 Å². The first-order valence-corrected chi connectivity index (χ1v) is 15.0. The second-order valence-corrected chi connectivity index (χ2v) is 11.0. The van der Waals surface area contributed by atoms with Crippen molar-refractivity contribution in [3.05, 3.63) is 35.4 Å². The molecule has 1 aromatic rings. The highest BCUT2D eigenvalue weighted by molar-refractivity contribution is 8.03. The molecule has 240 valence electrons. The summed E-state index contributed by atoms with van der Waals surface area (Å²) in [5.74, 6) is 0. The third kappa shape index (κ3) is 14.1. The maximum absolute atomic E-state index is 10.7. The Morgan fingerprint density at radius 1 is 0.857 bits per heavy atom. The van der Waals surface area contributed by atoms with Crippen molar-refractivity contribution in [1.29, 1.82) is 0 Å². The van der Waals surface area contributed by atoms with Gasteiger partial charge in [0.2, 0.25) is 4.99 Å². The van der Waals surface area contributed by atoms with Crippen LogP contribution in [0, 0.1) is 6.92 Å². The number of thioether (sulfide) groups is 1. The predicted molar refractivity (Wildman–Crippen MR) is 161 cm³/mol. The molecule has 0 fully saturated rings. The summed E-state index contributed by atoms with van der Waals surface area (Å²) >= 11 is 1.58. The van der Waals surface area contributed by atoms with Crippen LogP contribution in [0.25, 0.3) is 0 Å². The van der Waals surface area contributed by atoms with Crippen LogP contribution in [0.5, 0.6) is 0 Å². The van der Waals surface area contributed by atoms with Gasteiger partial charge in [-0.15, -0.1) is 5.11 Å². The van der Waals surface area contributed by atoms with Crippen molar-refractivity contribution in [3.8, 4) is 0 Å². The average Bonchev–Trinajstić information content (AvgIpc) is 3.30. The van der Waals surface area contributed by atoms with E-state index in [9.17, 15) is 10.2 Å². The van der Waals surface area contributed by atoms with E-state index in [2.05, 4.69) is 10.2 Å². The topological polar surface area (TPSA) is 158 Å². The summed E-state index contributed by atoms with van der Waals surface area (Å²) in [7, 11) is 1.96. The molecule has 0 aliphatic carbocycles. The molecule has 0 bridgehead atoms. The van der Waals surface area contributed by atoms with E-state index >= 15 is 0 Å². The average molecular weight is 617 g/mol. The number of azo groups is 1. The summed E-state index contributed by atoms with van der Waals surface area (Å²) in [5, 5.41) is 49.9. The van der Waals surface area contributed by atoms with Gasteiger partial charge in [0, 0.05) is 32.0 Å². The van der Waals surface area contributed by atoms with Crippen molar-refractivity contribution in [2.45, 2.75) is 31.1 Å². The van der Waals surface area contributed by atoms with Crippen molar-refractivity contribution < 1.29 is 44.1 Å². The van der Waals surface area contributed by atoms with Gasteiger partial charge < -0.3 is 53.9 Å². The molecule has 1 heterocycles. The SMILES string of the molecule is Cc1cc(N(CC(O)COCCOCCO)CC(O)COCCOCCOCCO)ccc1/N=N/C1(C)SC=CN1C. The molecule has 42 heavy (non-hydrogen) atoms. The smallest absolute Gasteiger partial charge is 0.200 e. The number of rotatable bonds is 24. The quantitative estimate of drug-likeness (QED) is 0.0981. The minimum atomic E-state index is -0.820. The third-order valence-corrected chi connectivity index (χ3v) is 7.26. The van der Waals surface area contributed by atoms with Crippen LogP contribution in [0.15, 0.2) is 40.0 Å². The van der Waals surface area contributed by atoms with Crippen molar-refractivity contribution in [1.82, 2.24) is 4.90 Å². The molecule has 0 radical (unpaired) electrons. The lowest BCUT2D eigenvalue weighted by atomic mass is 10.1. The van der Waals surface area contributed by atoms with Crippen LogP contribution in [-0.4, -0.2) is 142 Å². The Kier molecular flexibility index (Phi) is 18.1. The second-order valence-electron chi connectivity index (χ2n) is 9.77. The summed E-state index contributed by atoms with van der Waals surface area (Å²) in [6.07, 6.45) is 0.326. The van der Waals surface area contributed by atoms with Gasteiger partial charge in [0.15, 0.2) is 0 Å². The van der Waals surface area contributed by atoms with Gasteiger partial charge in [-0.2, -0.15) is 5.11 Å². The molecule has 0 saturated heterocycles. The Hall–Kier alpha value is -1.85. The molecule has 0 aromatic heterocycles. The highest BCUT2D eigenvalue weighted by Gasteiger charge is 2.31. The van der Waals surface area contributed by atoms with Crippen LogP contribution in [0.2, 0.25) is 0 Å². The first-order chi connectivity index (χ1) is 20.3. The lowest BCUT2D eigenvalue weighted by Crippen LogP contribution is -2.41. The minimum Gasteiger partial charge on any atom is -0.394 e. The third-order valence-electron chi connectivity index (χ3n) is 6.19. The van der Waals surface area contributed by atoms with E-state index < -0.39 is 17.2 Å². The van der Waals surface area contributed by atoms with Gasteiger partial charge >= 0.3 is 0 Å². The van der Waals surface area contributed by atoms with E-state index in [0.29, 0.717) is 39.6 Å². The molecule has 1 aromatic carbocycles.